The SMILES string of the molecule is COc1cccc(NC(CO)c2ccc(C)cc2)c1. The molecular weight excluding hydrogens is 238 g/mol. The lowest BCUT2D eigenvalue weighted by atomic mass is 10.1. The molecule has 0 fully saturated rings. The highest BCUT2D eigenvalue weighted by Gasteiger charge is 2.10. The molecule has 0 aliphatic carbocycles. The van der Waals surface area contributed by atoms with Crippen LogP contribution < -0.4 is 10.1 Å². The molecule has 19 heavy (non-hydrogen) atoms. The molecule has 0 spiro atoms. The van der Waals surface area contributed by atoms with Crippen LogP contribution in [0.5, 0.6) is 5.75 Å². The van der Waals surface area contributed by atoms with Gasteiger partial charge in [0.15, 0.2) is 0 Å². The molecule has 2 rings (SSSR count). The largest absolute Gasteiger partial charge is 0.497 e. The molecule has 2 N–H and O–H groups in total. The second-order valence-electron chi connectivity index (χ2n) is 4.52. The predicted molar refractivity (Wildman–Crippen MR) is 77.6 cm³/mol. The molecule has 0 saturated heterocycles. The minimum Gasteiger partial charge on any atom is -0.497 e. The fraction of sp³-hybridized carbons (Fsp3) is 0.250. The van der Waals surface area contributed by atoms with E-state index < -0.39 is 0 Å². The Hall–Kier alpha value is -2.00. The van der Waals surface area contributed by atoms with Crippen molar-refractivity contribution in [2.75, 3.05) is 19.0 Å². The molecule has 0 aromatic heterocycles. The van der Waals surface area contributed by atoms with E-state index in [1.807, 2.05) is 55.5 Å². The lowest BCUT2D eigenvalue weighted by molar-refractivity contribution is 0.276. The van der Waals surface area contributed by atoms with Crippen LogP contribution in [0.3, 0.4) is 0 Å². The van der Waals surface area contributed by atoms with Crippen molar-refractivity contribution in [2.24, 2.45) is 0 Å². The Morgan fingerprint density at radius 1 is 1.16 bits per heavy atom. The summed E-state index contributed by atoms with van der Waals surface area (Å²) in [6.07, 6.45) is 0. The van der Waals surface area contributed by atoms with Gasteiger partial charge in [0.1, 0.15) is 5.75 Å². The highest BCUT2D eigenvalue weighted by molar-refractivity contribution is 5.50. The Labute approximate surface area is 113 Å². The molecule has 1 unspecified atom stereocenters. The lowest BCUT2D eigenvalue weighted by Crippen LogP contribution is -2.14. The number of benzene rings is 2. The third kappa shape index (κ3) is 3.48. The molecule has 100 valence electrons. The van der Waals surface area contributed by atoms with E-state index in [2.05, 4.69) is 5.32 Å². The monoisotopic (exact) mass is 257 g/mol. The molecule has 2 aromatic carbocycles. The molecule has 0 radical (unpaired) electrons. The normalized spacial score (nSPS) is 11.9. The number of methoxy groups -OCH3 is 1. The van der Waals surface area contributed by atoms with Crippen LogP contribution in [0, 0.1) is 6.92 Å². The zero-order valence-corrected chi connectivity index (χ0v) is 11.3. The van der Waals surface area contributed by atoms with Gasteiger partial charge in [0.25, 0.3) is 0 Å². The van der Waals surface area contributed by atoms with Crippen molar-refractivity contribution in [3.63, 3.8) is 0 Å². The van der Waals surface area contributed by atoms with Gasteiger partial charge in [-0.3, -0.25) is 0 Å². The second-order valence-corrected chi connectivity index (χ2v) is 4.52. The first-order chi connectivity index (χ1) is 9.22. The summed E-state index contributed by atoms with van der Waals surface area (Å²) in [5.74, 6) is 0.797. The Balaban J connectivity index is 2.16. The number of rotatable bonds is 5. The Kier molecular flexibility index (Phi) is 4.42. The molecule has 3 heteroatoms. The van der Waals surface area contributed by atoms with Crippen molar-refractivity contribution in [3.8, 4) is 5.75 Å². The maximum atomic E-state index is 9.54. The molecule has 0 aliphatic heterocycles. The van der Waals surface area contributed by atoms with Crippen molar-refractivity contribution in [1.29, 1.82) is 0 Å². The van der Waals surface area contributed by atoms with Crippen LogP contribution in [0.25, 0.3) is 0 Å². The lowest BCUT2D eigenvalue weighted by Gasteiger charge is -2.18. The first-order valence-corrected chi connectivity index (χ1v) is 6.31. The van der Waals surface area contributed by atoms with Crippen molar-refractivity contribution in [3.05, 3.63) is 59.7 Å². The van der Waals surface area contributed by atoms with Crippen LogP contribution in [-0.2, 0) is 0 Å². The number of aliphatic hydroxyl groups is 1. The van der Waals surface area contributed by atoms with Gasteiger partial charge in [0, 0.05) is 11.8 Å². The van der Waals surface area contributed by atoms with E-state index in [0.29, 0.717) is 0 Å². The highest BCUT2D eigenvalue weighted by atomic mass is 16.5. The first kappa shape index (κ1) is 13.4. The number of hydrogen-bond acceptors (Lipinski definition) is 3. The van der Waals surface area contributed by atoms with Crippen molar-refractivity contribution >= 4 is 5.69 Å². The molecule has 2 aromatic rings. The van der Waals surface area contributed by atoms with Gasteiger partial charge >= 0.3 is 0 Å². The summed E-state index contributed by atoms with van der Waals surface area (Å²) in [6.45, 7) is 2.09. The van der Waals surface area contributed by atoms with Gasteiger partial charge in [-0.25, -0.2) is 0 Å². The zero-order chi connectivity index (χ0) is 13.7. The summed E-state index contributed by atoms with van der Waals surface area (Å²) >= 11 is 0. The van der Waals surface area contributed by atoms with E-state index in [-0.39, 0.29) is 12.6 Å². The van der Waals surface area contributed by atoms with Gasteiger partial charge < -0.3 is 15.2 Å². The Bertz CT molecular complexity index is 523. The smallest absolute Gasteiger partial charge is 0.120 e. The summed E-state index contributed by atoms with van der Waals surface area (Å²) in [6, 6.07) is 15.7. The number of ether oxygens (including phenoxy) is 1. The maximum Gasteiger partial charge on any atom is 0.120 e. The molecule has 0 bridgehead atoms. The molecule has 0 amide bonds. The molecular formula is C16H19NO2. The van der Waals surface area contributed by atoms with Gasteiger partial charge in [-0.2, -0.15) is 0 Å². The van der Waals surface area contributed by atoms with Crippen LogP contribution in [0.4, 0.5) is 5.69 Å². The van der Waals surface area contributed by atoms with E-state index >= 15 is 0 Å². The summed E-state index contributed by atoms with van der Waals surface area (Å²) in [7, 11) is 1.64. The van der Waals surface area contributed by atoms with E-state index in [4.69, 9.17) is 4.74 Å². The minimum atomic E-state index is -0.118. The summed E-state index contributed by atoms with van der Waals surface area (Å²) in [4.78, 5) is 0. The van der Waals surface area contributed by atoms with Gasteiger partial charge in [-0.05, 0) is 24.6 Å². The van der Waals surface area contributed by atoms with E-state index in [9.17, 15) is 5.11 Å². The molecule has 0 heterocycles. The fourth-order valence-corrected chi connectivity index (χ4v) is 1.95. The Morgan fingerprint density at radius 2 is 1.89 bits per heavy atom. The fourth-order valence-electron chi connectivity index (χ4n) is 1.95. The summed E-state index contributed by atoms with van der Waals surface area (Å²) in [5.41, 5.74) is 3.21. The number of anilines is 1. The molecule has 3 nitrogen and oxygen atoms in total. The standard InChI is InChI=1S/C16H19NO2/c1-12-6-8-13(9-7-12)16(11-18)17-14-4-3-5-15(10-14)19-2/h3-10,16-18H,11H2,1-2H3. The summed E-state index contributed by atoms with van der Waals surface area (Å²) < 4.78 is 5.19. The van der Waals surface area contributed by atoms with Crippen LogP contribution in [0.1, 0.15) is 17.2 Å². The van der Waals surface area contributed by atoms with Gasteiger partial charge in [-0.15, -0.1) is 0 Å². The van der Waals surface area contributed by atoms with Gasteiger partial charge in [0.2, 0.25) is 0 Å². The summed E-state index contributed by atoms with van der Waals surface area (Å²) in [5, 5.41) is 12.9. The average Bonchev–Trinajstić information content (AvgIpc) is 2.46. The maximum absolute atomic E-state index is 9.54. The first-order valence-electron chi connectivity index (χ1n) is 6.31. The van der Waals surface area contributed by atoms with Crippen molar-refractivity contribution in [2.45, 2.75) is 13.0 Å². The molecule has 0 saturated carbocycles. The minimum absolute atomic E-state index is 0.0419. The van der Waals surface area contributed by atoms with Crippen LogP contribution in [0.15, 0.2) is 48.5 Å². The highest BCUT2D eigenvalue weighted by Crippen LogP contribution is 2.22. The zero-order valence-electron chi connectivity index (χ0n) is 11.3. The number of aryl methyl sites for hydroxylation is 1. The molecule has 0 aliphatic rings. The third-order valence-electron chi connectivity index (χ3n) is 3.07. The second kappa shape index (κ2) is 6.25. The Morgan fingerprint density at radius 3 is 2.53 bits per heavy atom. The van der Waals surface area contributed by atoms with Crippen LogP contribution >= 0.6 is 0 Å². The predicted octanol–water partition coefficient (Wildman–Crippen LogP) is 3.15. The quantitative estimate of drug-likeness (QED) is 0.864. The average molecular weight is 257 g/mol. The van der Waals surface area contributed by atoms with E-state index in [0.717, 1.165) is 17.0 Å². The molecule has 1 atom stereocenters. The number of aliphatic hydroxyl groups excluding tert-OH is 1. The van der Waals surface area contributed by atoms with Gasteiger partial charge in [0.05, 0.1) is 19.8 Å². The topological polar surface area (TPSA) is 41.5 Å². The van der Waals surface area contributed by atoms with Gasteiger partial charge in [-0.1, -0.05) is 35.9 Å². The van der Waals surface area contributed by atoms with Crippen LogP contribution in [0.2, 0.25) is 0 Å². The van der Waals surface area contributed by atoms with E-state index in [1.54, 1.807) is 7.11 Å². The van der Waals surface area contributed by atoms with Crippen molar-refractivity contribution < 1.29 is 9.84 Å². The number of nitrogens with one attached hydrogen (secondary N) is 1. The van der Waals surface area contributed by atoms with E-state index in [1.165, 1.54) is 5.56 Å². The number of hydrogen-bond donors (Lipinski definition) is 2. The van der Waals surface area contributed by atoms with Crippen molar-refractivity contribution in [1.82, 2.24) is 0 Å². The van der Waals surface area contributed by atoms with Crippen LogP contribution in [-0.4, -0.2) is 18.8 Å². The third-order valence-corrected chi connectivity index (χ3v) is 3.07.